The largest absolute Gasteiger partial charge is 0.486 e. The van der Waals surface area contributed by atoms with Crippen molar-refractivity contribution < 1.29 is 14.3 Å². The number of nitrogens with one attached hydrogen (secondary N) is 1. The van der Waals surface area contributed by atoms with Gasteiger partial charge in [0.15, 0.2) is 11.5 Å². The Labute approximate surface area is 154 Å². The molecular formula is C18H17N5O4. The lowest BCUT2D eigenvalue weighted by molar-refractivity contribution is -0.122. The quantitative estimate of drug-likeness (QED) is 0.700. The molecule has 1 atom stereocenters. The highest BCUT2D eigenvalue weighted by molar-refractivity contribution is 5.75. The van der Waals surface area contributed by atoms with Crippen molar-refractivity contribution in [3.05, 3.63) is 65.1 Å². The summed E-state index contributed by atoms with van der Waals surface area (Å²) in [4.78, 5) is 24.5. The first-order chi connectivity index (χ1) is 13.2. The number of fused-ring (bicyclic) bond motifs is 1. The summed E-state index contributed by atoms with van der Waals surface area (Å²) in [5.41, 5.74) is 0.100. The van der Waals surface area contributed by atoms with Gasteiger partial charge in [0.05, 0.1) is 12.2 Å². The molecule has 1 amide bonds. The van der Waals surface area contributed by atoms with Crippen molar-refractivity contribution in [2.24, 2.45) is 0 Å². The van der Waals surface area contributed by atoms with Gasteiger partial charge in [-0.3, -0.25) is 4.79 Å². The molecule has 0 spiro atoms. The molecule has 0 saturated heterocycles. The minimum Gasteiger partial charge on any atom is -0.486 e. The summed E-state index contributed by atoms with van der Waals surface area (Å²) in [7, 11) is 0. The van der Waals surface area contributed by atoms with E-state index in [1.807, 2.05) is 30.3 Å². The first kappa shape index (κ1) is 16.8. The van der Waals surface area contributed by atoms with E-state index in [-0.39, 0.29) is 25.1 Å². The number of benzene rings is 2. The van der Waals surface area contributed by atoms with E-state index < -0.39 is 5.69 Å². The van der Waals surface area contributed by atoms with E-state index in [2.05, 4.69) is 15.7 Å². The van der Waals surface area contributed by atoms with Gasteiger partial charge in [-0.1, -0.05) is 30.3 Å². The Bertz CT molecular complexity index is 998. The number of nitrogens with zero attached hydrogens (tertiary/aromatic N) is 4. The number of amides is 1. The molecule has 0 radical (unpaired) electrons. The average molecular weight is 367 g/mol. The molecule has 27 heavy (non-hydrogen) atoms. The van der Waals surface area contributed by atoms with Crippen LogP contribution in [0.3, 0.4) is 0 Å². The predicted octanol–water partition coefficient (Wildman–Crippen LogP) is 0.385. The van der Waals surface area contributed by atoms with E-state index in [0.717, 1.165) is 9.36 Å². The maximum atomic E-state index is 12.3. The van der Waals surface area contributed by atoms with Crippen molar-refractivity contribution in [2.45, 2.75) is 12.6 Å². The zero-order valence-electron chi connectivity index (χ0n) is 14.3. The summed E-state index contributed by atoms with van der Waals surface area (Å²) in [6, 6.07) is 16.2. The van der Waals surface area contributed by atoms with Crippen molar-refractivity contribution >= 4 is 5.91 Å². The predicted molar refractivity (Wildman–Crippen MR) is 95.0 cm³/mol. The smallest absolute Gasteiger partial charge is 0.368 e. The monoisotopic (exact) mass is 367 g/mol. The van der Waals surface area contributed by atoms with Gasteiger partial charge >= 0.3 is 5.69 Å². The molecule has 9 heteroatoms. The fourth-order valence-corrected chi connectivity index (χ4v) is 2.69. The normalized spacial score (nSPS) is 15.3. The fraction of sp³-hybridized carbons (Fsp3) is 0.222. The minimum absolute atomic E-state index is 0.226. The molecule has 9 nitrogen and oxygen atoms in total. The Balaban J connectivity index is 1.34. The average Bonchev–Trinajstić information content (AvgIpc) is 3.07. The number of carbonyl (C=O) groups is 1. The van der Waals surface area contributed by atoms with E-state index in [4.69, 9.17) is 9.47 Å². The van der Waals surface area contributed by atoms with E-state index in [1.54, 1.807) is 24.3 Å². The van der Waals surface area contributed by atoms with Crippen LogP contribution < -0.4 is 20.5 Å². The molecule has 1 aliphatic heterocycles. The van der Waals surface area contributed by atoms with E-state index in [9.17, 15) is 9.59 Å². The standard InChI is InChI=1S/C18H17N5O4/c24-17(19-10-14-12-26-15-8-4-5-9-16(15)27-14)11-22-18(25)23(21-20-22)13-6-2-1-3-7-13/h1-9,14H,10-12H2,(H,19,24)/t14-/m0/s1. The molecule has 0 unspecified atom stereocenters. The molecule has 0 aliphatic carbocycles. The van der Waals surface area contributed by atoms with Crippen LogP contribution in [0.5, 0.6) is 11.5 Å². The van der Waals surface area contributed by atoms with Gasteiger partial charge in [0.2, 0.25) is 5.91 Å². The lowest BCUT2D eigenvalue weighted by Gasteiger charge is -2.26. The van der Waals surface area contributed by atoms with Crippen LogP contribution in [0.1, 0.15) is 0 Å². The Hall–Kier alpha value is -3.62. The lowest BCUT2D eigenvalue weighted by atomic mass is 10.2. The Morgan fingerprint density at radius 1 is 1.07 bits per heavy atom. The maximum absolute atomic E-state index is 12.3. The second-order valence-corrected chi connectivity index (χ2v) is 5.97. The van der Waals surface area contributed by atoms with Crippen LogP contribution in [0, 0.1) is 0 Å². The third kappa shape index (κ3) is 3.66. The zero-order chi connectivity index (χ0) is 18.6. The second kappa shape index (κ2) is 7.32. The third-order valence-electron chi connectivity index (χ3n) is 4.03. The van der Waals surface area contributed by atoms with E-state index in [0.29, 0.717) is 23.8 Å². The topological polar surface area (TPSA) is 100 Å². The van der Waals surface area contributed by atoms with Gasteiger partial charge in [0, 0.05) is 0 Å². The highest BCUT2D eigenvalue weighted by Crippen LogP contribution is 2.30. The van der Waals surface area contributed by atoms with Gasteiger partial charge in [-0.25, -0.2) is 4.79 Å². The van der Waals surface area contributed by atoms with Crippen LogP contribution in [0.15, 0.2) is 59.4 Å². The highest BCUT2D eigenvalue weighted by Gasteiger charge is 2.21. The Morgan fingerprint density at radius 3 is 2.63 bits per heavy atom. The van der Waals surface area contributed by atoms with Crippen molar-refractivity contribution in [2.75, 3.05) is 13.2 Å². The van der Waals surface area contributed by atoms with E-state index >= 15 is 0 Å². The summed E-state index contributed by atoms with van der Waals surface area (Å²) in [6.45, 7) is 0.367. The van der Waals surface area contributed by atoms with Crippen LogP contribution in [0.4, 0.5) is 0 Å². The van der Waals surface area contributed by atoms with Crippen molar-refractivity contribution in [3.8, 4) is 17.2 Å². The first-order valence-corrected chi connectivity index (χ1v) is 8.44. The maximum Gasteiger partial charge on any atom is 0.368 e. The van der Waals surface area contributed by atoms with Crippen molar-refractivity contribution in [1.82, 2.24) is 25.1 Å². The molecule has 4 rings (SSSR count). The SMILES string of the molecule is O=C(Cn1nnn(-c2ccccc2)c1=O)NC[C@H]1COc2ccccc2O1. The summed E-state index contributed by atoms with van der Waals surface area (Å²) in [6.07, 6.45) is -0.305. The minimum atomic E-state index is -0.484. The summed E-state index contributed by atoms with van der Waals surface area (Å²) in [5, 5.41) is 10.3. The molecule has 3 aromatic rings. The van der Waals surface area contributed by atoms with Gasteiger partial charge in [0.1, 0.15) is 19.3 Å². The van der Waals surface area contributed by atoms with Crippen molar-refractivity contribution in [3.63, 3.8) is 0 Å². The molecule has 1 aliphatic rings. The van der Waals surface area contributed by atoms with Crippen LogP contribution >= 0.6 is 0 Å². The zero-order valence-corrected chi connectivity index (χ0v) is 14.3. The number of carbonyl (C=O) groups excluding carboxylic acids is 1. The fourth-order valence-electron chi connectivity index (χ4n) is 2.69. The van der Waals surface area contributed by atoms with Gasteiger partial charge in [0.25, 0.3) is 0 Å². The number of tetrazole rings is 1. The number of hydrogen-bond acceptors (Lipinski definition) is 6. The van der Waals surface area contributed by atoms with Crippen LogP contribution in [-0.4, -0.2) is 45.0 Å². The van der Waals surface area contributed by atoms with E-state index in [1.165, 1.54) is 0 Å². The summed E-state index contributed by atoms with van der Waals surface area (Å²) < 4.78 is 13.5. The molecule has 1 aromatic heterocycles. The number of para-hydroxylation sites is 3. The number of rotatable bonds is 5. The molecule has 2 heterocycles. The molecule has 0 bridgehead atoms. The van der Waals surface area contributed by atoms with Gasteiger partial charge in [-0.2, -0.15) is 9.36 Å². The summed E-state index contributed by atoms with van der Waals surface area (Å²) in [5.74, 6) is 0.967. The van der Waals surface area contributed by atoms with Crippen LogP contribution in [-0.2, 0) is 11.3 Å². The molecular weight excluding hydrogens is 350 g/mol. The van der Waals surface area contributed by atoms with Gasteiger partial charge < -0.3 is 14.8 Å². The second-order valence-electron chi connectivity index (χ2n) is 5.97. The molecule has 0 fully saturated rings. The molecule has 0 saturated carbocycles. The molecule has 1 N–H and O–H groups in total. The van der Waals surface area contributed by atoms with Crippen LogP contribution in [0.2, 0.25) is 0 Å². The number of aromatic nitrogens is 4. The lowest BCUT2D eigenvalue weighted by Crippen LogP contribution is -2.42. The first-order valence-electron chi connectivity index (χ1n) is 8.44. The third-order valence-corrected chi connectivity index (χ3v) is 4.03. The Kier molecular flexibility index (Phi) is 4.56. The summed E-state index contributed by atoms with van der Waals surface area (Å²) >= 11 is 0. The van der Waals surface area contributed by atoms with Crippen molar-refractivity contribution in [1.29, 1.82) is 0 Å². The number of ether oxygens (including phenoxy) is 2. The molecule has 138 valence electrons. The van der Waals surface area contributed by atoms with Gasteiger partial charge in [-0.15, -0.1) is 0 Å². The van der Waals surface area contributed by atoms with Gasteiger partial charge in [-0.05, 0) is 34.7 Å². The highest BCUT2D eigenvalue weighted by atomic mass is 16.6. The van der Waals surface area contributed by atoms with Crippen LogP contribution in [0.25, 0.3) is 5.69 Å². The Morgan fingerprint density at radius 2 is 1.81 bits per heavy atom. The number of hydrogen-bond donors (Lipinski definition) is 1. The molecule has 2 aromatic carbocycles.